The van der Waals surface area contributed by atoms with Gasteiger partial charge in [0.1, 0.15) is 66.1 Å². The SMILES string of the molecule is Bc1cc(B)c2c(c1)c1c(B)c(B)c3c4c(B)c(B)cc(B)c4n(-c4ccccc4)c3c1n2-c1nc(-c2ccccc2)nc(-c2ccc3c(c2)oc2ccccc23)n1. The second-order valence-corrected chi connectivity index (χ2v) is 16.0. The van der Waals surface area contributed by atoms with Crippen molar-refractivity contribution in [3.8, 4) is 34.4 Å². The predicted molar refractivity (Wildman–Crippen MR) is 264 cm³/mol. The summed E-state index contributed by atoms with van der Waals surface area (Å²) < 4.78 is 11.2. The quantitative estimate of drug-likeness (QED) is 0.220. The molecule has 0 unspecified atom stereocenters. The number of hydrogen-bond acceptors (Lipinski definition) is 4. The normalized spacial score (nSPS) is 11.9. The van der Waals surface area contributed by atoms with E-state index in [4.69, 9.17) is 19.4 Å². The predicted octanol–water partition coefficient (Wildman–Crippen LogP) is -0.892. The lowest BCUT2D eigenvalue weighted by Crippen LogP contribution is -2.32. The first-order chi connectivity index (χ1) is 28.2. The lowest BCUT2D eigenvalue weighted by molar-refractivity contribution is 0.669. The molecular formula is C45H34B7N5O. The highest BCUT2D eigenvalue weighted by atomic mass is 16.3. The van der Waals surface area contributed by atoms with Crippen LogP contribution in [0, 0.1) is 0 Å². The molecule has 0 N–H and O–H groups in total. The molecule has 13 heteroatoms. The molecule has 0 aliphatic heterocycles. The summed E-state index contributed by atoms with van der Waals surface area (Å²) in [6.07, 6.45) is 0. The number of rotatable bonds is 4. The number of furan rings is 1. The Kier molecular flexibility index (Phi) is 7.59. The average molecular weight is 736 g/mol. The zero-order valence-electron chi connectivity index (χ0n) is 33.7. The van der Waals surface area contributed by atoms with E-state index in [2.05, 4.69) is 149 Å². The van der Waals surface area contributed by atoms with Gasteiger partial charge in [0.25, 0.3) is 0 Å². The Hall–Kier alpha value is -6.60. The summed E-state index contributed by atoms with van der Waals surface area (Å²) in [5.41, 5.74) is 17.9. The van der Waals surface area contributed by atoms with E-state index in [0.29, 0.717) is 17.6 Å². The minimum Gasteiger partial charge on any atom is -0.456 e. The molecular weight excluding hydrogens is 702 g/mol. The van der Waals surface area contributed by atoms with Gasteiger partial charge in [-0.05, 0) is 35.7 Å². The van der Waals surface area contributed by atoms with Crippen LogP contribution in [-0.2, 0) is 0 Å². The summed E-state index contributed by atoms with van der Waals surface area (Å²) >= 11 is 0. The molecule has 4 aromatic heterocycles. The third kappa shape index (κ3) is 4.92. The molecule has 0 bridgehead atoms. The lowest BCUT2D eigenvalue weighted by atomic mass is 9.71. The summed E-state index contributed by atoms with van der Waals surface area (Å²) in [5.74, 6) is 1.76. The van der Waals surface area contributed by atoms with Crippen molar-refractivity contribution >= 4 is 159 Å². The van der Waals surface area contributed by atoms with Crippen molar-refractivity contribution in [3.63, 3.8) is 0 Å². The van der Waals surface area contributed by atoms with E-state index in [9.17, 15) is 0 Å². The van der Waals surface area contributed by atoms with E-state index >= 15 is 0 Å². The van der Waals surface area contributed by atoms with E-state index in [-0.39, 0.29) is 0 Å². The standard InChI is InChI=1S/C45H34B7N5O/c46-23-18-27-33-37(51)38(52)35-34-36(50)28(47)20-30(49)40(34)56(24-11-5-2-6-12-24)42(35)41(33)57(39(27)29(48)19-23)45-54-43(21-9-3-1-4-10-21)53-44(55-45)22-15-16-26-25-13-7-8-14-31(25)58-32(26)17-22/h1-20H,46-52H2. The van der Waals surface area contributed by atoms with E-state index in [1.54, 1.807) is 0 Å². The van der Waals surface area contributed by atoms with Gasteiger partial charge in [-0.1, -0.05) is 129 Å². The molecule has 0 atom stereocenters. The molecule has 0 aliphatic carbocycles. The zero-order valence-corrected chi connectivity index (χ0v) is 33.7. The molecule has 0 radical (unpaired) electrons. The minimum absolute atomic E-state index is 0.569. The molecule has 11 aromatic rings. The fourth-order valence-electron chi connectivity index (χ4n) is 9.59. The van der Waals surface area contributed by atoms with Crippen LogP contribution in [0.5, 0.6) is 0 Å². The topological polar surface area (TPSA) is 61.7 Å². The van der Waals surface area contributed by atoms with Gasteiger partial charge in [0.05, 0.1) is 16.6 Å². The van der Waals surface area contributed by atoms with Crippen molar-refractivity contribution in [2.75, 3.05) is 0 Å². The van der Waals surface area contributed by atoms with Crippen LogP contribution in [0.25, 0.3) is 100.0 Å². The van der Waals surface area contributed by atoms with Crippen LogP contribution in [-0.4, -0.2) is 79.0 Å². The van der Waals surface area contributed by atoms with Crippen LogP contribution in [0.15, 0.2) is 126 Å². The lowest BCUT2D eigenvalue weighted by Gasteiger charge is -2.15. The third-order valence-electron chi connectivity index (χ3n) is 12.4. The van der Waals surface area contributed by atoms with Gasteiger partial charge >= 0.3 is 0 Å². The molecule has 6 nitrogen and oxygen atoms in total. The Morgan fingerprint density at radius 3 is 1.81 bits per heavy atom. The van der Waals surface area contributed by atoms with Crippen LogP contribution < -0.4 is 38.2 Å². The Bertz CT molecular complexity index is 3540. The van der Waals surface area contributed by atoms with Crippen LogP contribution in [0.3, 0.4) is 0 Å². The van der Waals surface area contributed by atoms with Crippen molar-refractivity contribution in [1.82, 2.24) is 24.1 Å². The summed E-state index contributed by atoms with van der Waals surface area (Å²) in [7, 11) is 15.8. The van der Waals surface area contributed by atoms with Crippen LogP contribution in [0.2, 0.25) is 0 Å². The second-order valence-electron chi connectivity index (χ2n) is 16.0. The maximum atomic E-state index is 6.38. The first-order valence-electron chi connectivity index (χ1n) is 20.0. The minimum atomic E-state index is 0.569. The first-order valence-corrected chi connectivity index (χ1v) is 20.0. The van der Waals surface area contributed by atoms with Gasteiger partial charge < -0.3 is 8.98 Å². The summed E-state index contributed by atoms with van der Waals surface area (Å²) in [4.78, 5) is 16.0. The van der Waals surface area contributed by atoms with E-state index in [1.807, 2.05) is 36.4 Å². The maximum absolute atomic E-state index is 6.38. The molecule has 266 valence electrons. The number of nitrogens with zero attached hydrogens (tertiary/aromatic N) is 5. The highest BCUT2D eigenvalue weighted by Crippen LogP contribution is 2.39. The molecule has 0 saturated heterocycles. The van der Waals surface area contributed by atoms with Gasteiger partial charge in [0.15, 0.2) is 11.6 Å². The maximum Gasteiger partial charge on any atom is 0.238 e. The fourth-order valence-corrected chi connectivity index (χ4v) is 9.59. The Labute approximate surface area is 341 Å². The monoisotopic (exact) mass is 737 g/mol. The molecule has 0 saturated carbocycles. The first kappa shape index (κ1) is 34.6. The Balaban J connectivity index is 1.35. The number of para-hydroxylation sites is 2. The molecule has 0 fully saturated rings. The second kappa shape index (κ2) is 12.7. The summed E-state index contributed by atoms with van der Waals surface area (Å²) in [6, 6.07) is 42.4. The van der Waals surface area contributed by atoms with Crippen molar-refractivity contribution in [3.05, 3.63) is 121 Å². The molecule has 58 heavy (non-hydrogen) atoms. The fraction of sp³-hybridized carbons (Fsp3) is 0. The van der Waals surface area contributed by atoms with E-state index < -0.39 is 0 Å². The van der Waals surface area contributed by atoms with Crippen LogP contribution in [0.4, 0.5) is 0 Å². The average Bonchev–Trinajstić information content (AvgIpc) is 3.91. The molecule has 7 aromatic carbocycles. The van der Waals surface area contributed by atoms with Crippen molar-refractivity contribution in [2.24, 2.45) is 0 Å². The number of hydrogen-bond donors (Lipinski definition) is 0. The van der Waals surface area contributed by atoms with Gasteiger partial charge in [-0.3, -0.25) is 4.57 Å². The van der Waals surface area contributed by atoms with Crippen molar-refractivity contribution in [1.29, 1.82) is 0 Å². The van der Waals surface area contributed by atoms with Crippen LogP contribution in [0.1, 0.15) is 0 Å². The Morgan fingerprint density at radius 2 is 1.03 bits per heavy atom. The van der Waals surface area contributed by atoms with Gasteiger partial charge in [0, 0.05) is 49.3 Å². The van der Waals surface area contributed by atoms with Gasteiger partial charge in [-0.2, -0.15) is 9.97 Å². The van der Waals surface area contributed by atoms with Crippen LogP contribution >= 0.6 is 0 Å². The number of fused-ring (bicyclic) bond motifs is 10. The largest absolute Gasteiger partial charge is 0.456 e. The molecule has 4 heterocycles. The van der Waals surface area contributed by atoms with Crippen molar-refractivity contribution < 1.29 is 4.42 Å². The van der Waals surface area contributed by atoms with Gasteiger partial charge in [-0.15, -0.1) is 0 Å². The smallest absolute Gasteiger partial charge is 0.238 e. The van der Waals surface area contributed by atoms with Crippen molar-refractivity contribution in [2.45, 2.75) is 0 Å². The number of aromatic nitrogens is 5. The van der Waals surface area contributed by atoms with E-state index in [0.717, 1.165) is 60.8 Å². The number of benzene rings is 7. The third-order valence-corrected chi connectivity index (χ3v) is 12.4. The Morgan fingerprint density at radius 1 is 0.414 bits per heavy atom. The highest BCUT2D eigenvalue weighted by molar-refractivity contribution is 6.64. The summed E-state index contributed by atoms with van der Waals surface area (Å²) in [5, 5.41) is 7.12. The summed E-state index contributed by atoms with van der Waals surface area (Å²) in [6.45, 7) is 0. The van der Waals surface area contributed by atoms with E-state index in [1.165, 1.54) is 59.8 Å². The highest BCUT2D eigenvalue weighted by Gasteiger charge is 2.28. The molecule has 0 amide bonds. The molecule has 0 aliphatic rings. The van der Waals surface area contributed by atoms with Gasteiger partial charge in [0.2, 0.25) is 5.95 Å². The van der Waals surface area contributed by atoms with Gasteiger partial charge in [-0.25, -0.2) is 4.98 Å². The zero-order chi connectivity index (χ0) is 39.6. The molecule has 0 spiro atoms. The molecule has 11 rings (SSSR count).